The zero-order chi connectivity index (χ0) is 21.8. The van der Waals surface area contributed by atoms with E-state index in [1.807, 2.05) is 0 Å². The summed E-state index contributed by atoms with van der Waals surface area (Å²) in [7, 11) is 0. The summed E-state index contributed by atoms with van der Waals surface area (Å²) in [6.45, 7) is 1.30. The minimum Gasteiger partial charge on any atom is -0.389 e. The molecule has 4 atom stereocenters. The number of hydrogen-bond acceptors (Lipinski definition) is 5. The summed E-state index contributed by atoms with van der Waals surface area (Å²) in [4.78, 5) is 26.9. The van der Waals surface area contributed by atoms with Crippen LogP contribution in [0, 0.1) is 5.92 Å². The second-order valence-corrected chi connectivity index (χ2v) is 9.11. The van der Waals surface area contributed by atoms with Crippen LogP contribution in [0.1, 0.15) is 32.1 Å². The van der Waals surface area contributed by atoms with Gasteiger partial charge in [-0.3, -0.25) is 4.79 Å². The molecule has 31 heavy (non-hydrogen) atoms. The smallest absolute Gasteiger partial charge is 0.322 e. The Kier molecular flexibility index (Phi) is 7.32. The number of aliphatic hydroxyl groups is 1. The molecule has 170 valence electrons. The lowest BCUT2D eigenvalue weighted by Crippen LogP contribution is -2.58. The monoisotopic (exact) mass is 451 g/mol. The number of halogens is 1. The van der Waals surface area contributed by atoms with Gasteiger partial charge in [-0.1, -0.05) is 11.6 Å². The first-order valence-corrected chi connectivity index (χ1v) is 11.4. The Morgan fingerprint density at radius 1 is 1.13 bits per heavy atom. The van der Waals surface area contributed by atoms with Gasteiger partial charge in [-0.25, -0.2) is 4.79 Å². The molecule has 3 N–H and O–H groups in total. The van der Waals surface area contributed by atoms with Crippen LogP contribution in [-0.2, 0) is 14.3 Å². The van der Waals surface area contributed by atoms with Crippen molar-refractivity contribution in [1.82, 2.24) is 10.2 Å². The molecule has 3 fully saturated rings. The topological polar surface area (TPSA) is 100 Å². The summed E-state index contributed by atoms with van der Waals surface area (Å²) in [5.74, 6) is 0.647. The van der Waals surface area contributed by atoms with Crippen LogP contribution >= 0.6 is 11.6 Å². The van der Waals surface area contributed by atoms with E-state index in [0.717, 1.165) is 6.54 Å². The van der Waals surface area contributed by atoms with E-state index in [9.17, 15) is 14.7 Å². The lowest BCUT2D eigenvalue weighted by atomic mass is 9.95. The van der Waals surface area contributed by atoms with Crippen LogP contribution in [-0.4, -0.2) is 72.6 Å². The standard InChI is InChI=1S/C22H30ClN3O5/c23-15-3-5-16(6-4-15)25-22(29)26-11-17(27)12-30-13-20-19(26)8-7-18(31-20)9-21(28)24-10-14-1-2-14/h3-6,14,17-20,27H,1-2,7-13H2,(H,24,28)(H,25,29)/t17-,18+,19+,20-/m0/s1. The average Bonchev–Trinajstić information content (AvgIpc) is 3.56. The quantitative estimate of drug-likeness (QED) is 0.638. The number of fused-ring (bicyclic) bond motifs is 1. The van der Waals surface area contributed by atoms with E-state index in [4.69, 9.17) is 21.1 Å². The van der Waals surface area contributed by atoms with E-state index in [2.05, 4.69) is 10.6 Å². The third-order valence-electron chi connectivity index (χ3n) is 6.04. The highest BCUT2D eigenvalue weighted by Gasteiger charge is 2.40. The predicted molar refractivity (Wildman–Crippen MR) is 116 cm³/mol. The number of urea groups is 1. The number of benzene rings is 1. The number of nitrogens with zero attached hydrogens (tertiary/aromatic N) is 1. The Hall–Kier alpha value is -1.87. The van der Waals surface area contributed by atoms with E-state index < -0.39 is 6.10 Å². The van der Waals surface area contributed by atoms with Crippen LogP contribution < -0.4 is 10.6 Å². The molecular formula is C22H30ClN3O5. The fourth-order valence-electron chi connectivity index (χ4n) is 4.16. The minimum atomic E-state index is -0.775. The van der Waals surface area contributed by atoms with Crippen LogP contribution in [0.3, 0.4) is 0 Å². The number of rotatable bonds is 5. The summed E-state index contributed by atoms with van der Waals surface area (Å²) in [5, 5.41) is 16.7. The molecule has 0 radical (unpaired) electrons. The Bertz CT molecular complexity index is 773. The second kappa shape index (κ2) is 10.2. The number of β-amino-alcohol motifs (C(OH)–C–C–N with tert-alkyl or cyclic N) is 1. The van der Waals surface area contributed by atoms with Crippen molar-refractivity contribution in [2.75, 3.05) is 31.6 Å². The van der Waals surface area contributed by atoms with Gasteiger partial charge in [0, 0.05) is 17.3 Å². The van der Waals surface area contributed by atoms with Crippen LogP contribution in [0.4, 0.5) is 10.5 Å². The largest absolute Gasteiger partial charge is 0.389 e. The van der Waals surface area contributed by atoms with Gasteiger partial charge in [-0.15, -0.1) is 0 Å². The number of amides is 3. The van der Waals surface area contributed by atoms with Crippen molar-refractivity contribution in [2.24, 2.45) is 5.92 Å². The maximum absolute atomic E-state index is 13.0. The summed E-state index contributed by atoms with van der Waals surface area (Å²) < 4.78 is 11.8. The van der Waals surface area contributed by atoms with E-state index in [-0.39, 0.29) is 49.9 Å². The molecule has 2 heterocycles. The Morgan fingerprint density at radius 2 is 1.90 bits per heavy atom. The second-order valence-electron chi connectivity index (χ2n) is 8.67. The molecule has 2 aliphatic heterocycles. The van der Waals surface area contributed by atoms with Crippen molar-refractivity contribution in [3.63, 3.8) is 0 Å². The zero-order valence-electron chi connectivity index (χ0n) is 17.5. The Morgan fingerprint density at radius 3 is 2.65 bits per heavy atom. The van der Waals surface area contributed by atoms with E-state index in [0.29, 0.717) is 35.9 Å². The molecule has 0 aromatic heterocycles. The SMILES string of the molecule is O=C(C[C@H]1CC[C@@H]2[C@H](COC[C@@H](O)CN2C(=O)Nc2ccc(Cl)cc2)O1)NCC1CC1. The lowest BCUT2D eigenvalue weighted by Gasteiger charge is -2.44. The summed E-state index contributed by atoms with van der Waals surface area (Å²) in [6, 6.07) is 6.33. The van der Waals surface area contributed by atoms with Crippen molar-refractivity contribution in [3.8, 4) is 0 Å². The number of anilines is 1. The lowest BCUT2D eigenvalue weighted by molar-refractivity contribution is -0.149. The number of carbonyl (C=O) groups is 2. The van der Waals surface area contributed by atoms with Crippen LogP contribution in [0.2, 0.25) is 5.02 Å². The van der Waals surface area contributed by atoms with Gasteiger partial charge < -0.3 is 30.1 Å². The fraction of sp³-hybridized carbons (Fsp3) is 0.636. The van der Waals surface area contributed by atoms with E-state index in [1.165, 1.54) is 12.8 Å². The maximum Gasteiger partial charge on any atom is 0.322 e. The third-order valence-corrected chi connectivity index (χ3v) is 6.29. The summed E-state index contributed by atoms with van der Waals surface area (Å²) in [5.41, 5.74) is 0.626. The molecule has 9 heteroatoms. The van der Waals surface area contributed by atoms with Crippen LogP contribution in [0.25, 0.3) is 0 Å². The van der Waals surface area contributed by atoms with Crippen LogP contribution in [0.5, 0.6) is 0 Å². The molecule has 0 spiro atoms. The molecule has 1 saturated carbocycles. The highest BCUT2D eigenvalue weighted by molar-refractivity contribution is 6.30. The summed E-state index contributed by atoms with van der Waals surface area (Å²) >= 11 is 5.92. The molecule has 8 nitrogen and oxygen atoms in total. The number of aliphatic hydroxyl groups excluding tert-OH is 1. The molecule has 1 aromatic rings. The molecule has 2 saturated heterocycles. The van der Waals surface area contributed by atoms with Crippen molar-refractivity contribution < 1.29 is 24.2 Å². The molecule has 1 aliphatic carbocycles. The normalized spacial score (nSPS) is 28.8. The van der Waals surface area contributed by atoms with Gasteiger partial charge in [-0.05, 0) is 55.9 Å². The molecule has 4 rings (SSSR count). The van der Waals surface area contributed by atoms with Gasteiger partial charge in [-0.2, -0.15) is 0 Å². The molecule has 1 aromatic carbocycles. The third kappa shape index (κ3) is 6.32. The molecule has 0 bridgehead atoms. The number of hydrogen-bond donors (Lipinski definition) is 3. The van der Waals surface area contributed by atoms with E-state index >= 15 is 0 Å². The zero-order valence-corrected chi connectivity index (χ0v) is 18.2. The minimum absolute atomic E-state index is 0.00914. The number of nitrogens with one attached hydrogen (secondary N) is 2. The Labute approximate surface area is 187 Å². The van der Waals surface area contributed by atoms with Gasteiger partial charge in [0.2, 0.25) is 5.91 Å². The first-order valence-electron chi connectivity index (χ1n) is 11.0. The highest BCUT2D eigenvalue weighted by Crippen LogP contribution is 2.29. The predicted octanol–water partition coefficient (Wildman–Crippen LogP) is 2.40. The van der Waals surface area contributed by atoms with Gasteiger partial charge in [0.15, 0.2) is 0 Å². The number of ether oxygens (including phenoxy) is 2. The first-order chi connectivity index (χ1) is 15.0. The fourth-order valence-corrected chi connectivity index (χ4v) is 4.29. The summed E-state index contributed by atoms with van der Waals surface area (Å²) in [6.07, 6.45) is 2.72. The molecule has 3 aliphatic rings. The first kappa shape index (κ1) is 22.3. The van der Waals surface area contributed by atoms with Gasteiger partial charge in [0.25, 0.3) is 0 Å². The maximum atomic E-state index is 13.0. The molecule has 3 amide bonds. The van der Waals surface area contributed by atoms with Crippen molar-refractivity contribution >= 4 is 29.2 Å². The van der Waals surface area contributed by atoms with Crippen LogP contribution in [0.15, 0.2) is 24.3 Å². The van der Waals surface area contributed by atoms with Crippen molar-refractivity contribution in [3.05, 3.63) is 29.3 Å². The van der Waals surface area contributed by atoms with Crippen molar-refractivity contribution in [1.29, 1.82) is 0 Å². The van der Waals surface area contributed by atoms with E-state index in [1.54, 1.807) is 29.2 Å². The highest BCUT2D eigenvalue weighted by atomic mass is 35.5. The molecule has 0 unspecified atom stereocenters. The van der Waals surface area contributed by atoms with Gasteiger partial charge in [0.05, 0.1) is 44.4 Å². The van der Waals surface area contributed by atoms with Gasteiger partial charge in [0.1, 0.15) is 6.10 Å². The molecular weight excluding hydrogens is 422 g/mol. The van der Waals surface area contributed by atoms with Crippen molar-refractivity contribution in [2.45, 2.75) is 56.5 Å². The Balaban J connectivity index is 1.38. The number of carbonyl (C=O) groups excluding carboxylic acids is 2. The average molecular weight is 452 g/mol. The van der Waals surface area contributed by atoms with Gasteiger partial charge >= 0.3 is 6.03 Å².